The van der Waals surface area contributed by atoms with Crippen molar-refractivity contribution in [2.24, 2.45) is 5.92 Å². The van der Waals surface area contributed by atoms with Crippen LogP contribution in [-0.4, -0.2) is 12.2 Å². The Bertz CT molecular complexity index is 787. The largest absolute Gasteiger partial charge is 0.504 e. The van der Waals surface area contributed by atoms with Crippen LogP contribution in [0.2, 0.25) is 0 Å². The van der Waals surface area contributed by atoms with Gasteiger partial charge in [-0.15, -0.1) is 0 Å². The van der Waals surface area contributed by atoms with Crippen LogP contribution in [0.3, 0.4) is 0 Å². The first kappa shape index (κ1) is 14.6. The smallest absolute Gasteiger partial charge is 0.160 e. The van der Waals surface area contributed by atoms with Gasteiger partial charge in [0.1, 0.15) is 0 Å². The van der Waals surface area contributed by atoms with Crippen LogP contribution >= 0.6 is 15.9 Å². The van der Waals surface area contributed by atoms with Gasteiger partial charge in [0.25, 0.3) is 0 Å². The molecule has 0 fully saturated rings. The molecule has 23 heavy (non-hydrogen) atoms. The third-order valence-electron chi connectivity index (χ3n) is 4.89. The van der Waals surface area contributed by atoms with Crippen molar-refractivity contribution in [2.45, 2.75) is 18.4 Å². The molecule has 0 saturated heterocycles. The molecule has 2 aromatic carbocycles. The molecule has 2 N–H and O–H groups in total. The topological polar surface area (TPSA) is 41.5 Å². The van der Waals surface area contributed by atoms with E-state index < -0.39 is 0 Å². The molecule has 0 aromatic heterocycles. The average Bonchev–Trinajstić information content (AvgIpc) is 3.04. The van der Waals surface area contributed by atoms with Crippen molar-refractivity contribution in [3.05, 3.63) is 64.1 Å². The first-order valence-corrected chi connectivity index (χ1v) is 8.56. The molecule has 0 radical (unpaired) electrons. The average molecular weight is 372 g/mol. The Labute approximate surface area is 144 Å². The number of halogens is 1. The second-order valence-corrected chi connectivity index (χ2v) is 7.05. The first-order valence-electron chi connectivity index (χ1n) is 7.77. The molecule has 2 aromatic rings. The van der Waals surface area contributed by atoms with Crippen molar-refractivity contribution in [2.75, 3.05) is 12.4 Å². The highest BCUT2D eigenvalue weighted by molar-refractivity contribution is 9.10. The second-order valence-electron chi connectivity index (χ2n) is 6.14. The Morgan fingerprint density at radius 2 is 2.09 bits per heavy atom. The van der Waals surface area contributed by atoms with E-state index in [1.54, 1.807) is 7.11 Å². The SMILES string of the molecule is COc1ccc(C2Nc3ccc(Br)cc3C3C=CCC32)cc1O. The Balaban J connectivity index is 1.76. The predicted octanol–water partition coefficient (Wildman–Crippen LogP) is 4.99. The minimum atomic E-state index is 0.181. The normalized spacial score (nSPS) is 24.7. The highest BCUT2D eigenvalue weighted by atomic mass is 79.9. The van der Waals surface area contributed by atoms with E-state index in [-0.39, 0.29) is 11.8 Å². The van der Waals surface area contributed by atoms with Gasteiger partial charge in [-0.05, 0) is 53.8 Å². The number of nitrogens with one attached hydrogen (secondary N) is 1. The molecule has 1 aliphatic heterocycles. The quantitative estimate of drug-likeness (QED) is 0.730. The molecule has 3 atom stereocenters. The molecule has 0 bridgehead atoms. The van der Waals surface area contributed by atoms with Gasteiger partial charge in [-0.2, -0.15) is 0 Å². The molecule has 4 heteroatoms. The van der Waals surface area contributed by atoms with Crippen LogP contribution in [-0.2, 0) is 0 Å². The monoisotopic (exact) mass is 371 g/mol. The highest BCUT2D eigenvalue weighted by Gasteiger charge is 2.38. The first-order chi connectivity index (χ1) is 11.2. The molecular formula is C19H18BrNO2. The minimum absolute atomic E-state index is 0.181. The van der Waals surface area contributed by atoms with Gasteiger partial charge in [0.2, 0.25) is 0 Å². The van der Waals surface area contributed by atoms with Crippen LogP contribution in [0.4, 0.5) is 5.69 Å². The number of phenolic OH excluding ortho intramolecular Hbond substituents is 1. The number of hydrogen-bond acceptors (Lipinski definition) is 3. The van der Waals surface area contributed by atoms with Crippen molar-refractivity contribution < 1.29 is 9.84 Å². The molecule has 3 nitrogen and oxygen atoms in total. The molecule has 2 aliphatic rings. The molecule has 1 aliphatic carbocycles. The maximum Gasteiger partial charge on any atom is 0.160 e. The van der Waals surface area contributed by atoms with Crippen LogP contribution < -0.4 is 10.1 Å². The third-order valence-corrected chi connectivity index (χ3v) is 5.38. The van der Waals surface area contributed by atoms with Crippen LogP contribution in [0, 0.1) is 5.92 Å². The number of fused-ring (bicyclic) bond motifs is 3. The molecule has 4 rings (SSSR count). The van der Waals surface area contributed by atoms with Crippen LogP contribution in [0.5, 0.6) is 11.5 Å². The third kappa shape index (κ3) is 2.41. The van der Waals surface area contributed by atoms with Crippen LogP contribution in [0.15, 0.2) is 53.0 Å². The summed E-state index contributed by atoms with van der Waals surface area (Å²) >= 11 is 3.57. The summed E-state index contributed by atoms with van der Waals surface area (Å²) in [4.78, 5) is 0. The zero-order valence-electron chi connectivity index (χ0n) is 12.8. The minimum Gasteiger partial charge on any atom is -0.504 e. The summed E-state index contributed by atoms with van der Waals surface area (Å²) in [5.41, 5.74) is 3.60. The lowest BCUT2D eigenvalue weighted by Gasteiger charge is -2.37. The van der Waals surface area contributed by atoms with Crippen LogP contribution in [0.25, 0.3) is 0 Å². The number of phenols is 1. The van der Waals surface area contributed by atoms with E-state index in [4.69, 9.17) is 4.74 Å². The van der Waals surface area contributed by atoms with Crippen molar-refractivity contribution >= 4 is 21.6 Å². The Morgan fingerprint density at radius 3 is 2.87 bits per heavy atom. The Kier molecular flexibility index (Phi) is 3.57. The van der Waals surface area contributed by atoms with Crippen molar-refractivity contribution in [1.82, 2.24) is 0 Å². The summed E-state index contributed by atoms with van der Waals surface area (Å²) in [5, 5.41) is 13.8. The lowest BCUT2D eigenvalue weighted by Crippen LogP contribution is -2.29. The molecule has 1 heterocycles. The van der Waals surface area contributed by atoms with Crippen molar-refractivity contribution in [1.29, 1.82) is 0 Å². The summed E-state index contributed by atoms with van der Waals surface area (Å²) in [7, 11) is 1.57. The number of methoxy groups -OCH3 is 1. The van der Waals surface area contributed by atoms with E-state index in [2.05, 4.69) is 51.6 Å². The summed E-state index contributed by atoms with van der Waals surface area (Å²) in [5.74, 6) is 1.58. The number of ether oxygens (including phenoxy) is 1. The summed E-state index contributed by atoms with van der Waals surface area (Å²) < 4.78 is 6.26. The fourth-order valence-electron chi connectivity index (χ4n) is 3.80. The number of rotatable bonds is 2. The number of benzene rings is 2. The van der Waals surface area contributed by atoms with E-state index in [1.807, 2.05) is 18.2 Å². The van der Waals surface area contributed by atoms with Gasteiger partial charge >= 0.3 is 0 Å². The van der Waals surface area contributed by atoms with E-state index in [0.717, 1.165) is 16.5 Å². The summed E-state index contributed by atoms with van der Waals surface area (Å²) in [6, 6.07) is 12.3. The lowest BCUT2D eigenvalue weighted by molar-refractivity contribution is 0.371. The number of hydrogen-bond donors (Lipinski definition) is 2. The maximum absolute atomic E-state index is 10.1. The van der Waals surface area contributed by atoms with Crippen molar-refractivity contribution in [3.63, 3.8) is 0 Å². The highest BCUT2D eigenvalue weighted by Crippen LogP contribution is 2.50. The fourth-order valence-corrected chi connectivity index (χ4v) is 4.17. The summed E-state index contributed by atoms with van der Waals surface area (Å²) in [6.45, 7) is 0. The predicted molar refractivity (Wildman–Crippen MR) is 95.2 cm³/mol. The van der Waals surface area contributed by atoms with Gasteiger partial charge in [-0.3, -0.25) is 0 Å². The van der Waals surface area contributed by atoms with Gasteiger partial charge < -0.3 is 15.2 Å². The van der Waals surface area contributed by atoms with Crippen molar-refractivity contribution in [3.8, 4) is 11.5 Å². The molecule has 0 saturated carbocycles. The number of anilines is 1. The molecule has 0 spiro atoms. The van der Waals surface area contributed by atoms with Gasteiger partial charge in [-0.1, -0.05) is 34.1 Å². The van der Waals surface area contributed by atoms with E-state index in [0.29, 0.717) is 17.6 Å². The van der Waals surface area contributed by atoms with E-state index >= 15 is 0 Å². The van der Waals surface area contributed by atoms with Crippen LogP contribution in [0.1, 0.15) is 29.5 Å². The lowest BCUT2D eigenvalue weighted by atomic mass is 9.77. The van der Waals surface area contributed by atoms with Gasteiger partial charge in [-0.25, -0.2) is 0 Å². The van der Waals surface area contributed by atoms with Gasteiger partial charge in [0.05, 0.1) is 13.2 Å². The van der Waals surface area contributed by atoms with Gasteiger partial charge in [0, 0.05) is 16.1 Å². The maximum atomic E-state index is 10.1. The van der Waals surface area contributed by atoms with E-state index in [1.165, 1.54) is 11.3 Å². The zero-order valence-corrected chi connectivity index (χ0v) is 14.4. The molecule has 3 unspecified atom stereocenters. The molecule has 0 amide bonds. The summed E-state index contributed by atoms with van der Waals surface area (Å²) in [6.07, 6.45) is 5.62. The molecular weight excluding hydrogens is 354 g/mol. The fraction of sp³-hybridized carbons (Fsp3) is 0.263. The second kappa shape index (κ2) is 5.60. The number of aromatic hydroxyl groups is 1. The van der Waals surface area contributed by atoms with Gasteiger partial charge in [0.15, 0.2) is 11.5 Å². The molecule has 118 valence electrons. The standard InChI is InChI=1S/C19H18BrNO2/c1-23-18-8-5-11(9-17(18)22)19-14-4-2-3-13(14)15-10-12(20)6-7-16(15)21-19/h2-3,5-10,13-14,19,21-22H,4H2,1H3. The Morgan fingerprint density at radius 1 is 1.22 bits per heavy atom. The zero-order chi connectivity index (χ0) is 16.0. The van der Waals surface area contributed by atoms with E-state index in [9.17, 15) is 5.11 Å². The Hall–Kier alpha value is -1.94. The number of allylic oxidation sites excluding steroid dienone is 2.